The van der Waals surface area contributed by atoms with Crippen molar-refractivity contribution < 1.29 is 24.2 Å². The third kappa shape index (κ3) is 3.54. The molecule has 2 unspecified atom stereocenters. The molecule has 7 heteroatoms. The first-order valence-corrected chi connectivity index (χ1v) is 12.1. The Morgan fingerprint density at radius 1 is 0.971 bits per heavy atom. The number of aliphatic carboxylic acids is 1. The average molecular weight is 461 g/mol. The van der Waals surface area contributed by atoms with Crippen molar-refractivity contribution in [2.45, 2.75) is 37.6 Å². The van der Waals surface area contributed by atoms with Crippen molar-refractivity contribution in [2.75, 3.05) is 13.2 Å². The predicted molar refractivity (Wildman–Crippen MR) is 124 cm³/mol. The van der Waals surface area contributed by atoms with Crippen molar-refractivity contribution in [1.82, 2.24) is 10.6 Å². The molecule has 5 atom stereocenters. The quantitative estimate of drug-likeness (QED) is 0.586. The highest BCUT2D eigenvalue weighted by molar-refractivity contribution is 5.83. The third-order valence-electron chi connectivity index (χ3n) is 8.30. The number of amides is 2. The summed E-state index contributed by atoms with van der Waals surface area (Å²) in [5.41, 5.74) is 4.13. The highest BCUT2D eigenvalue weighted by Gasteiger charge is 2.65. The summed E-state index contributed by atoms with van der Waals surface area (Å²) in [5, 5.41) is 15.2. The number of hydrogen-bond donors (Lipinski definition) is 3. The Labute approximate surface area is 197 Å². The lowest BCUT2D eigenvalue weighted by atomic mass is 9.98. The molecular weight excluding hydrogens is 432 g/mol. The third-order valence-corrected chi connectivity index (χ3v) is 8.30. The van der Waals surface area contributed by atoms with Crippen LogP contribution >= 0.6 is 0 Å². The van der Waals surface area contributed by atoms with Gasteiger partial charge in [-0.3, -0.25) is 9.59 Å². The van der Waals surface area contributed by atoms with Crippen molar-refractivity contribution in [1.29, 1.82) is 0 Å². The number of alkyl carbamates (subject to hydrolysis) is 1. The molecule has 0 radical (unpaired) electrons. The minimum atomic E-state index is -0.731. The van der Waals surface area contributed by atoms with Crippen molar-refractivity contribution >= 4 is 18.0 Å². The van der Waals surface area contributed by atoms with E-state index in [0.29, 0.717) is 13.0 Å². The van der Waals surface area contributed by atoms with E-state index in [9.17, 15) is 19.5 Å². The standard InChI is InChI=1S/C27H28N2O5/c30-24(29-17-10-16-11-27(16,12-17)25(31)32)22-9-15(22)13-28-26(33)34-14-23-20-7-3-1-5-18(20)19-6-2-4-8-21(19)23/h1-8,15-17,22-23H,9-14H2,(H,28,33)(H,29,30)(H,31,32)/t15?,16-,17+,22?,27+/m0/s1. The Balaban J connectivity index is 0.962. The van der Waals surface area contributed by atoms with Crippen LogP contribution in [0, 0.1) is 23.2 Å². The van der Waals surface area contributed by atoms with Crippen LogP contribution in [0.3, 0.4) is 0 Å². The zero-order valence-corrected chi connectivity index (χ0v) is 18.8. The number of ether oxygens (including phenoxy) is 1. The van der Waals surface area contributed by atoms with Gasteiger partial charge in [-0.05, 0) is 59.8 Å². The molecule has 2 aromatic carbocycles. The second kappa shape index (κ2) is 7.86. The van der Waals surface area contributed by atoms with E-state index < -0.39 is 17.5 Å². The van der Waals surface area contributed by atoms with Crippen molar-refractivity contribution in [3.63, 3.8) is 0 Å². The molecule has 3 fully saturated rings. The van der Waals surface area contributed by atoms with Crippen molar-refractivity contribution in [2.24, 2.45) is 23.2 Å². The van der Waals surface area contributed by atoms with Crippen LogP contribution in [0.1, 0.15) is 42.7 Å². The highest BCUT2D eigenvalue weighted by atomic mass is 16.5. The monoisotopic (exact) mass is 460 g/mol. The van der Waals surface area contributed by atoms with Crippen LogP contribution in [0.5, 0.6) is 0 Å². The van der Waals surface area contributed by atoms with Gasteiger partial charge >= 0.3 is 12.1 Å². The summed E-state index contributed by atoms with van der Waals surface area (Å²) in [5.74, 6) is -0.543. The van der Waals surface area contributed by atoms with Crippen LogP contribution in [-0.2, 0) is 14.3 Å². The first-order valence-electron chi connectivity index (χ1n) is 12.1. The molecule has 0 saturated heterocycles. The first kappa shape index (κ1) is 21.2. The molecule has 2 aromatic rings. The fraction of sp³-hybridized carbons (Fsp3) is 0.444. The second-order valence-electron chi connectivity index (χ2n) is 10.3. The Morgan fingerprint density at radius 2 is 1.65 bits per heavy atom. The van der Waals surface area contributed by atoms with E-state index in [2.05, 4.69) is 34.9 Å². The number of benzene rings is 2. The Kier molecular flexibility index (Phi) is 4.90. The van der Waals surface area contributed by atoms with E-state index in [0.717, 1.165) is 19.3 Å². The Bertz CT molecular complexity index is 1130. The maximum Gasteiger partial charge on any atom is 0.407 e. The summed E-state index contributed by atoms with van der Waals surface area (Å²) in [4.78, 5) is 36.3. The molecule has 0 bridgehead atoms. The molecule has 0 spiro atoms. The molecule has 2 amide bonds. The number of carboxylic acid groups (broad SMARTS) is 1. The molecule has 6 rings (SSSR count). The molecule has 3 N–H and O–H groups in total. The topological polar surface area (TPSA) is 105 Å². The predicted octanol–water partition coefficient (Wildman–Crippen LogP) is 3.53. The fourth-order valence-electron chi connectivity index (χ4n) is 6.23. The number of carboxylic acids is 1. The lowest BCUT2D eigenvalue weighted by Crippen LogP contribution is -2.37. The van der Waals surface area contributed by atoms with Gasteiger partial charge in [-0.1, -0.05) is 48.5 Å². The zero-order chi connectivity index (χ0) is 23.4. The van der Waals surface area contributed by atoms with Gasteiger partial charge in [-0.15, -0.1) is 0 Å². The van der Waals surface area contributed by atoms with Gasteiger partial charge in [0.1, 0.15) is 6.61 Å². The molecule has 7 nitrogen and oxygen atoms in total. The van der Waals surface area contributed by atoms with Gasteiger partial charge in [0, 0.05) is 24.4 Å². The molecule has 4 aliphatic carbocycles. The molecule has 0 heterocycles. The Hall–Kier alpha value is -3.35. The van der Waals surface area contributed by atoms with E-state index in [1.807, 2.05) is 24.3 Å². The molecule has 0 aliphatic heterocycles. The summed E-state index contributed by atoms with van der Waals surface area (Å²) in [6.45, 7) is 0.670. The van der Waals surface area contributed by atoms with E-state index in [1.165, 1.54) is 22.3 Å². The number of fused-ring (bicyclic) bond motifs is 4. The van der Waals surface area contributed by atoms with Gasteiger partial charge in [0.2, 0.25) is 5.91 Å². The number of rotatable bonds is 7. The van der Waals surface area contributed by atoms with Crippen LogP contribution in [0.2, 0.25) is 0 Å². The highest BCUT2D eigenvalue weighted by Crippen LogP contribution is 2.63. The molecule has 4 aliphatic rings. The van der Waals surface area contributed by atoms with Gasteiger partial charge in [0.05, 0.1) is 5.41 Å². The SMILES string of the molecule is O=C(NCC1CC1C(=O)N[C@@H]1C[C@H]2C[C@@]2(C(=O)O)C1)OCC1c2ccccc2-c2ccccc21. The average Bonchev–Trinajstić information content (AvgIpc) is 3.70. The summed E-state index contributed by atoms with van der Waals surface area (Å²) < 4.78 is 5.57. The maximum atomic E-state index is 12.5. The van der Waals surface area contributed by atoms with Crippen molar-refractivity contribution in [3.8, 4) is 11.1 Å². The second-order valence-corrected chi connectivity index (χ2v) is 10.3. The minimum absolute atomic E-state index is 0.0179. The molecule has 0 aromatic heterocycles. The maximum absolute atomic E-state index is 12.5. The van der Waals surface area contributed by atoms with Gasteiger partial charge in [0.15, 0.2) is 0 Å². The van der Waals surface area contributed by atoms with E-state index in [1.54, 1.807) is 0 Å². The van der Waals surface area contributed by atoms with Gasteiger partial charge in [-0.2, -0.15) is 0 Å². The molecule has 176 valence electrons. The fourth-order valence-corrected chi connectivity index (χ4v) is 6.23. The van der Waals surface area contributed by atoms with Gasteiger partial charge < -0.3 is 20.5 Å². The number of carbonyl (C=O) groups is 3. The van der Waals surface area contributed by atoms with E-state index in [4.69, 9.17) is 4.74 Å². The zero-order valence-electron chi connectivity index (χ0n) is 18.8. The van der Waals surface area contributed by atoms with Crippen LogP contribution in [0.25, 0.3) is 11.1 Å². The summed E-state index contributed by atoms with van der Waals surface area (Å²) in [7, 11) is 0. The van der Waals surface area contributed by atoms with Crippen molar-refractivity contribution in [3.05, 3.63) is 59.7 Å². The normalized spacial score (nSPS) is 30.0. The largest absolute Gasteiger partial charge is 0.481 e. The molecular formula is C27H28N2O5. The van der Waals surface area contributed by atoms with Gasteiger partial charge in [-0.25, -0.2) is 4.79 Å². The van der Waals surface area contributed by atoms with Crippen LogP contribution in [0.4, 0.5) is 4.79 Å². The number of carbonyl (C=O) groups excluding carboxylic acids is 2. The summed E-state index contributed by atoms with van der Waals surface area (Å²) in [6.07, 6.45) is 2.30. The smallest absolute Gasteiger partial charge is 0.407 e. The lowest BCUT2D eigenvalue weighted by molar-refractivity contribution is -0.143. The van der Waals surface area contributed by atoms with Crippen LogP contribution in [-0.4, -0.2) is 42.3 Å². The van der Waals surface area contributed by atoms with E-state index in [-0.39, 0.29) is 42.2 Å². The lowest BCUT2D eigenvalue weighted by Gasteiger charge is -2.16. The summed E-state index contributed by atoms with van der Waals surface area (Å²) in [6, 6.07) is 16.4. The Morgan fingerprint density at radius 3 is 2.29 bits per heavy atom. The van der Waals surface area contributed by atoms with Crippen LogP contribution in [0.15, 0.2) is 48.5 Å². The summed E-state index contributed by atoms with van der Waals surface area (Å²) >= 11 is 0. The number of hydrogen-bond acceptors (Lipinski definition) is 4. The number of nitrogens with one attached hydrogen (secondary N) is 2. The van der Waals surface area contributed by atoms with E-state index >= 15 is 0 Å². The van der Waals surface area contributed by atoms with Gasteiger partial charge in [0.25, 0.3) is 0 Å². The molecule has 3 saturated carbocycles. The molecule has 34 heavy (non-hydrogen) atoms. The first-order chi connectivity index (χ1) is 16.5. The minimum Gasteiger partial charge on any atom is -0.481 e. The van der Waals surface area contributed by atoms with Crippen LogP contribution < -0.4 is 10.6 Å².